The molecule has 0 amide bonds. The van der Waals surface area contributed by atoms with E-state index >= 15 is 4.39 Å². The zero-order valence-electron chi connectivity index (χ0n) is 23.0. The standard InChI is InChI=1S/C32H25F2N5O3/c1-19-16-22(10-13-35-19)25-12-15-38-31(25)29(11-14-36-38)42-28-9-4-21(17-26(28)34)18-27(40)30-20(2)37(3)39(32(30)41)24-7-5-23(33)6-8-24/h4-17H,18H2,1-3H3. The Bertz CT molecular complexity index is 2040. The number of nitrogens with zero attached hydrogens (tertiary/aromatic N) is 5. The van der Waals surface area contributed by atoms with Gasteiger partial charge in [0.2, 0.25) is 0 Å². The molecule has 0 atom stereocenters. The summed E-state index contributed by atoms with van der Waals surface area (Å²) < 4.78 is 39.2. The van der Waals surface area contributed by atoms with Crippen LogP contribution in [0.2, 0.25) is 0 Å². The highest BCUT2D eigenvalue weighted by atomic mass is 19.1. The van der Waals surface area contributed by atoms with Crippen molar-refractivity contribution in [3.05, 3.63) is 130 Å². The Hall–Kier alpha value is -5.38. The van der Waals surface area contributed by atoms with Crippen molar-refractivity contribution in [1.82, 2.24) is 24.0 Å². The van der Waals surface area contributed by atoms with Gasteiger partial charge in [-0.3, -0.25) is 19.3 Å². The van der Waals surface area contributed by atoms with Crippen LogP contribution in [0.5, 0.6) is 11.5 Å². The molecule has 4 heterocycles. The van der Waals surface area contributed by atoms with E-state index in [2.05, 4.69) is 10.1 Å². The predicted octanol–water partition coefficient (Wildman–Crippen LogP) is 6.00. The van der Waals surface area contributed by atoms with Gasteiger partial charge in [0, 0.05) is 48.9 Å². The summed E-state index contributed by atoms with van der Waals surface area (Å²) in [7, 11) is 1.64. The van der Waals surface area contributed by atoms with Crippen LogP contribution in [-0.2, 0) is 13.5 Å². The number of pyridine rings is 1. The fourth-order valence-electron chi connectivity index (χ4n) is 5.08. The summed E-state index contributed by atoms with van der Waals surface area (Å²) in [5.74, 6) is -1.16. The summed E-state index contributed by atoms with van der Waals surface area (Å²) in [5.41, 5.74) is 4.03. The molecule has 0 aliphatic heterocycles. The van der Waals surface area contributed by atoms with Gasteiger partial charge in [-0.25, -0.2) is 18.0 Å². The lowest BCUT2D eigenvalue weighted by atomic mass is 10.0. The Morgan fingerprint density at radius 2 is 1.71 bits per heavy atom. The number of carbonyl (C=O) groups excluding carboxylic acids is 1. The molecule has 0 N–H and O–H groups in total. The van der Waals surface area contributed by atoms with Crippen molar-refractivity contribution in [2.75, 3.05) is 0 Å². The topological polar surface area (TPSA) is 83.4 Å². The van der Waals surface area contributed by atoms with Gasteiger partial charge in [0.1, 0.15) is 16.9 Å². The maximum Gasteiger partial charge on any atom is 0.282 e. The Labute approximate surface area is 239 Å². The first-order valence-corrected chi connectivity index (χ1v) is 13.1. The smallest absolute Gasteiger partial charge is 0.282 e. The highest BCUT2D eigenvalue weighted by molar-refractivity contribution is 5.98. The van der Waals surface area contributed by atoms with Crippen LogP contribution < -0.4 is 10.3 Å². The second-order valence-electron chi connectivity index (χ2n) is 9.95. The van der Waals surface area contributed by atoms with Crippen LogP contribution in [0.1, 0.15) is 27.3 Å². The van der Waals surface area contributed by atoms with Crippen molar-refractivity contribution in [3.8, 4) is 28.3 Å². The Morgan fingerprint density at radius 3 is 2.45 bits per heavy atom. The number of rotatable bonds is 7. The summed E-state index contributed by atoms with van der Waals surface area (Å²) in [6.45, 7) is 3.56. The Balaban J connectivity index is 1.27. The van der Waals surface area contributed by atoms with Gasteiger partial charge < -0.3 is 4.74 Å². The number of benzene rings is 2. The number of halogens is 2. The van der Waals surface area contributed by atoms with E-state index in [0.29, 0.717) is 28.2 Å². The van der Waals surface area contributed by atoms with Crippen molar-refractivity contribution in [2.45, 2.75) is 20.3 Å². The first-order chi connectivity index (χ1) is 20.2. The van der Waals surface area contributed by atoms with Crippen molar-refractivity contribution in [2.24, 2.45) is 7.05 Å². The monoisotopic (exact) mass is 565 g/mol. The van der Waals surface area contributed by atoms with Crippen LogP contribution in [0, 0.1) is 25.5 Å². The van der Waals surface area contributed by atoms with Gasteiger partial charge >= 0.3 is 0 Å². The van der Waals surface area contributed by atoms with Crippen LogP contribution in [0.4, 0.5) is 8.78 Å². The van der Waals surface area contributed by atoms with E-state index in [-0.39, 0.29) is 17.7 Å². The molecule has 0 unspecified atom stereocenters. The van der Waals surface area contributed by atoms with Crippen LogP contribution >= 0.6 is 0 Å². The molecule has 0 spiro atoms. The second kappa shape index (κ2) is 10.5. The van der Waals surface area contributed by atoms with Crippen LogP contribution in [0.25, 0.3) is 22.3 Å². The van der Waals surface area contributed by atoms with Crippen LogP contribution in [-0.4, -0.2) is 29.7 Å². The van der Waals surface area contributed by atoms with Crippen molar-refractivity contribution >= 4 is 11.3 Å². The van der Waals surface area contributed by atoms with Gasteiger partial charge in [-0.05, 0) is 79.6 Å². The molecule has 0 aliphatic carbocycles. The molecule has 0 saturated heterocycles. The third-order valence-corrected chi connectivity index (χ3v) is 7.21. The maximum atomic E-state index is 15.3. The maximum absolute atomic E-state index is 15.3. The molecular formula is C32H25F2N5O3. The van der Waals surface area contributed by atoms with Crippen molar-refractivity contribution in [3.63, 3.8) is 0 Å². The van der Waals surface area contributed by atoms with Gasteiger partial charge in [0.05, 0.1) is 11.9 Å². The zero-order valence-corrected chi connectivity index (χ0v) is 23.0. The number of hydrogen-bond donors (Lipinski definition) is 0. The van der Waals surface area contributed by atoms with Crippen molar-refractivity contribution < 1.29 is 18.3 Å². The molecule has 10 heteroatoms. The number of ketones is 1. The number of fused-ring (bicyclic) bond motifs is 1. The van der Waals surface area contributed by atoms with Gasteiger partial charge in [-0.1, -0.05) is 6.07 Å². The molecule has 2 aromatic carbocycles. The van der Waals surface area contributed by atoms with E-state index in [1.807, 2.05) is 25.1 Å². The normalized spacial score (nSPS) is 11.3. The first-order valence-electron chi connectivity index (χ1n) is 13.1. The molecule has 0 fully saturated rings. The summed E-state index contributed by atoms with van der Waals surface area (Å²) in [4.78, 5) is 30.7. The molecule has 6 rings (SSSR count). The fourth-order valence-corrected chi connectivity index (χ4v) is 5.08. The minimum atomic E-state index is -0.656. The Kier molecular flexibility index (Phi) is 6.74. The lowest BCUT2D eigenvalue weighted by Gasteiger charge is -2.11. The fraction of sp³-hybridized carbons (Fsp3) is 0.125. The molecule has 210 valence electrons. The number of Topliss-reactive ketones (excluding diaryl/α,β-unsaturated/α-hetero) is 1. The minimum absolute atomic E-state index is 0.00570. The summed E-state index contributed by atoms with van der Waals surface area (Å²) in [6.07, 6.45) is 4.90. The number of aryl methyl sites for hydroxylation is 1. The average molecular weight is 566 g/mol. The van der Waals surface area contributed by atoms with Gasteiger partial charge in [0.15, 0.2) is 23.1 Å². The lowest BCUT2D eigenvalue weighted by Crippen LogP contribution is -2.23. The molecule has 0 aliphatic rings. The SMILES string of the molecule is Cc1cc(-c2ccn3nccc(Oc4ccc(CC(=O)c5c(C)n(C)n(-c6ccc(F)cc6)c5=O)cc4F)c23)ccn1. The molecule has 42 heavy (non-hydrogen) atoms. The third-order valence-electron chi connectivity index (χ3n) is 7.21. The first kappa shape index (κ1) is 26.8. The average Bonchev–Trinajstić information content (AvgIpc) is 3.50. The summed E-state index contributed by atoms with van der Waals surface area (Å²) in [6, 6.07) is 17.1. The number of aromatic nitrogens is 5. The van der Waals surface area contributed by atoms with E-state index in [1.54, 1.807) is 53.9 Å². The van der Waals surface area contributed by atoms with Crippen LogP contribution in [0.15, 0.2) is 90.1 Å². The van der Waals surface area contributed by atoms with Crippen molar-refractivity contribution in [1.29, 1.82) is 0 Å². The number of ether oxygens (including phenoxy) is 1. The largest absolute Gasteiger partial charge is 0.452 e. The van der Waals surface area contributed by atoms with Crippen LogP contribution in [0.3, 0.4) is 0 Å². The summed E-state index contributed by atoms with van der Waals surface area (Å²) >= 11 is 0. The molecule has 6 aromatic rings. The van der Waals surface area contributed by atoms with Gasteiger partial charge in [-0.15, -0.1) is 0 Å². The lowest BCUT2D eigenvalue weighted by molar-refractivity contribution is 0.0991. The minimum Gasteiger partial charge on any atom is -0.452 e. The van der Waals surface area contributed by atoms with Gasteiger partial charge in [-0.2, -0.15) is 5.10 Å². The molecule has 0 radical (unpaired) electrons. The van der Waals surface area contributed by atoms with E-state index in [1.165, 1.54) is 41.1 Å². The summed E-state index contributed by atoms with van der Waals surface area (Å²) in [5, 5.41) is 4.34. The molecule has 0 saturated carbocycles. The number of hydrogen-bond acceptors (Lipinski definition) is 5. The number of carbonyl (C=O) groups is 1. The molecule has 0 bridgehead atoms. The van der Waals surface area contributed by atoms with Gasteiger partial charge in [0.25, 0.3) is 5.56 Å². The Morgan fingerprint density at radius 1 is 0.929 bits per heavy atom. The van der Waals surface area contributed by atoms with E-state index < -0.39 is 23.0 Å². The molecule has 4 aromatic heterocycles. The van der Waals surface area contributed by atoms with E-state index in [0.717, 1.165) is 16.8 Å². The molecule has 8 nitrogen and oxygen atoms in total. The highest BCUT2D eigenvalue weighted by Crippen LogP contribution is 2.35. The van der Waals surface area contributed by atoms with E-state index in [9.17, 15) is 14.0 Å². The zero-order chi connectivity index (χ0) is 29.5. The quantitative estimate of drug-likeness (QED) is 0.222. The highest BCUT2D eigenvalue weighted by Gasteiger charge is 2.23. The van der Waals surface area contributed by atoms with E-state index in [4.69, 9.17) is 4.74 Å². The second-order valence-corrected chi connectivity index (χ2v) is 9.95. The molecular weight excluding hydrogens is 540 g/mol. The third kappa shape index (κ3) is 4.77. The predicted molar refractivity (Wildman–Crippen MR) is 153 cm³/mol.